The molecule has 94 valence electrons. The maximum absolute atomic E-state index is 13.4. The van der Waals surface area contributed by atoms with Crippen LogP contribution in [0.4, 0.5) is 15.8 Å². The normalized spacial score (nSPS) is 10.6. The van der Waals surface area contributed by atoms with Gasteiger partial charge in [-0.1, -0.05) is 6.92 Å². The third-order valence-electron chi connectivity index (χ3n) is 2.51. The zero-order chi connectivity index (χ0) is 12.8. The lowest BCUT2D eigenvalue weighted by molar-refractivity contribution is -0.385. The molecule has 1 rings (SSSR count). The Morgan fingerprint density at radius 3 is 2.76 bits per heavy atom. The standard InChI is InChI=1S/C11H16FN3O2/c1-3-14(2)7-6-13-11-5-4-9(15(16)17)8-10(11)12/h4-5,8,13H,3,6-7H2,1-2H3. The lowest BCUT2D eigenvalue weighted by Gasteiger charge is -2.14. The van der Waals surface area contributed by atoms with Gasteiger partial charge >= 0.3 is 0 Å². The number of nitrogens with one attached hydrogen (secondary N) is 1. The Morgan fingerprint density at radius 2 is 2.24 bits per heavy atom. The van der Waals surface area contributed by atoms with Gasteiger partial charge in [0.05, 0.1) is 16.7 Å². The molecule has 1 N–H and O–H groups in total. The quantitative estimate of drug-likeness (QED) is 0.612. The average molecular weight is 241 g/mol. The number of nitro benzene ring substituents is 1. The highest BCUT2D eigenvalue weighted by atomic mass is 19.1. The molecular weight excluding hydrogens is 225 g/mol. The molecule has 0 heterocycles. The number of hydrogen-bond donors (Lipinski definition) is 1. The van der Waals surface area contributed by atoms with Crippen molar-refractivity contribution >= 4 is 11.4 Å². The topological polar surface area (TPSA) is 58.4 Å². The first-order chi connectivity index (χ1) is 8.04. The third-order valence-corrected chi connectivity index (χ3v) is 2.51. The molecule has 0 radical (unpaired) electrons. The summed E-state index contributed by atoms with van der Waals surface area (Å²) in [6.45, 7) is 4.34. The zero-order valence-electron chi connectivity index (χ0n) is 9.94. The Balaban J connectivity index is 2.57. The Kier molecular flexibility index (Phi) is 4.84. The summed E-state index contributed by atoms with van der Waals surface area (Å²) in [5.41, 5.74) is 0.0545. The molecule has 0 aliphatic carbocycles. The van der Waals surface area contributed by atoms with E-state index in [0.29, 0.717) is 12.2 Å². The summed E-state index contributed by atoms with van der Waals surface area (Å²) in [6.07, 6.45) is 0. The molecule has 0 aliphatic rings. The highest BCUT2D eigenvalue weighted by molar-refractivity contribution is 5.50. The van der Waals surface area contributed by atoms with Crippen LogP contribution in [0.2, 0.25) is 0 Å². The lowest BCUT2D eigenvalue weighted by atomic mass is 10.2. The number of halogens is 1. The van der Waals surface area contributed by atoms with Crippen LogP contribution in [0.25, 0.3) is 0 Å². The van der Waals surface area contributed by atoms with Crippen molar-refractivity contribution in [3.8, 4) is 0 Å². The lowest BCUT2D eigenvalue weighted by Crippen LogP contribution is -2.24. The highest BCUT2D eigenvalue weighted by Crippen LogP contribution is 2.20. The van der Waals surface area contributed by atoms with Crippen LogP contribution in [0, 0.1) is 15.9 Å². The van der Waals surface area contributed by atoms with Crippen molar-refractivity contribution in [3.63, 3.8) is 0 Å². The van der Waals surface area contributed by atoms with Gasteiger partial charge in [0, 0.05) is 19.2 Å². The molecule has 0 unspecified atom stereocenters. The minimum atomic E-state index is -0.613. The first-order valence-corrected chi connectivity index (χ1v) is 5.41. The van der Waals surface area contributed by atoms with E-state index in [9.17, 15) is 14.5 Å². The average Bonchev–Trinajstić information content (AvgIpc) is 2.30. The minimum Gasteiger partial charge on any atom is -0.381 e. The van der Waals surface area contributed by atoms with Crippen molar-refractivity contribution in [1.82, 2.24) is 4.90 Å². The van der Waals surface area contributed by atoms with Gasteiger partial charge in [-0.25, -0.2) is 4.39 Å². The van der Waals surface area contributed by atoms with Crippen LogP contribution in [0.3, 0.4) is 0 Å². The number of anilines is 1. The van der Waals surface area contributed by atoms with E-state index in [0.717, 1.165) is 19.2 Å². The summed E-state index contributed by atoms with van der Waals surface area (Å²) >= 11 is 0. The van der Waals surface area contributed by atoms with Gasteiger partial charge in [0.25, 0.3) is 5.69 Å². The molecule has 0 aromatic heterocycles. The van der Waals surface area contributed by atoms with E-state index in [1.807, 2.05) is 14.0 Å². The van der Waals surface area contributed by atoms with Crippen LogP contribution in [0.15, 0.2) is 18.2 Å². The monoisotopic (exact) mass is 241 g/mol. The summed E-state index contributed by atoms with van der Waals surface area (Å²) in [5, 5.41) is 13.3. The van der Waals surface area contributed by atoms with E-state index in [2.05, 4.69) is 10.2 Å². The van der Waals surface area contributed by atoms with Crippen molar-refractivity contribution in [3.05, 3.63) is 34.1 Å². The molecule has 0 saturated carbocycles. The number of nitro groups is 1. The number of hydrogen-bond acceptors (Lipinski definition) is 4. The maximum Gasteiger partial charge on any atom is 0.272 e. The molecule has 17 heavy (non-hydrogen) atoms. The first kappa shape index (κ1) is 13.4. The molecule has 1 aromatic carbocycles. The molecule has 1 aromatic rings. The van der Waals surface area contributed by atoms with E-state index in [-0.39, 0.29) is 5.69 Å². The number of benzene rings is 1. The maximum atomic E-state index is 13.4. The van der Waals surface area contributed by atoms with Gasteiger partial charge in [-0.2, -0.15) is 0 Å². The number of nitrogens with zero attached hydrogens (tertiary/aromatic N) is 2. The Hall–Kier alpha value is -1.69. The molecule has 0 saturated heterocycles. The van der Waals surface area contributed by atoms with Crippen molar-refractivity contribution in [2.45, 2.75) is 6.92 Å². The molecule has 0 amide bonds. The van der Waals surface area contributed by atoms with Gasteiger partial charge in [0.1, 0.15) is 0 Å². The van der Waals surface area contributed by atoms with Crippen LogP contribution in [-0.2, 0) is 0 Å². The molecule has 0 fully saturated rings. The zero-order valence-corrected chi connectivity index (χ0v) is 9.94. The van der Waals surface area contributed by atoms with Gasteiger partial charge in [0.15, 0.2) is 5.82 Å². The molecule has 0 bridgehead atoms. The molecule has 0 aliphatic heterocycles. The Bertz CT molecular complexity index is 398. The largest absolute Gasteiger partial charge is 0.381 e. The van der Waals surface area contributed by atoms with Crippen LogP contribution < -0.4 is 5.32 Å². The van der Waals surface area contributed by atoms with Gasteiger partial charge in [-0.3, -0.25) is 10.1 Å². The molecule has 0 spiro atoms. The smallest absolute Gasteiger partial charge is 0.272 e. The van der Waals surface area contributed by atoms with E-state index >= 15 is 0 Å². The molecule has 6 heteroatoms. The van der Waals surface area contributed by atoms with Crippen LogP contribution in [0.1, 0.15) is 6.92 Å². The van der Waals surface area contributed by atoms with Crippen molar-refractivity contribution in [2.75, 3.05) is 32.0 Å². The van der Waals surface area contributed by atoms with E-state index < -0.39 is 10.7 Å². The fraction of sp³-hybridized carbons (Fsp3) is 0.455. The van der Waals surface area contributed by atoms with E-state index in [4.69, 9.17) is 0 Å². The second kappa shape index (κ2) is 6.15. The predicted octanol–water partition coefficient (Wildman–Crippen LogP) is 2.10. The van der Waals surface area contributed by atoms with Gasteiger partial charge in [0.2, 0.25) is 0 Å². The van der Waals surface area contributed by atoms with Crippen molar-refractivity contribution < 1.29 is 9.31 Å². The summed E-state index contributed by atoms with van der Waals surface area (Å²) in [7, 11) is 1.97. The SMILES string of the molecule is CCN(C)CCNc1ccc([N+](=O)[O-])cc1F. The van der Waals surface area contributed by atoms with E-state index in [1.54, 1.807) is 0 Å². The predicted molar refractivity (Wildman–Crippen MR) is 64.7 cm³/mol. The van der Waals surface area contributed by atoms with Crippen molar-refractivity contribution in [1.29, 1.82) is 0 Å². The van der Waals surface area contributed by atoms with E-state index in [1.165, 1.54) is 12.1 Å². The second-order valence-electron chi connectivity index (χ2n) is 3.74. The Morgan fingerprint density at radius 1 is 1.53 bits per heavy atom. The molecule has 0 atom stereocenters. The van der Waals surface area contributed by atoms with Crippen molar-refractivity contribution in [2.24, 2.45) is 0 Å². The van der Waals surface area contributed by atoms with Gasteiger partial charge in [-0.05, 0) is 19.7 Å². The summed E-state index contributed by atoms with van der Waals surface area (Å²) in [6, 6.07) is 3.60. The highest BCUT2D eigenvalue weighted by Gasteiger charge is 2.10. The number of non-ortho nitro benzene ring substituents is 1. The number of rotatable bonds is 6. The Labute approximate surface area is 99.4 Å². The third kappa shape index (κ3) is 3.99. The summed E-state index contributed by atoms with van der Waals surface area (Å²) in [4.78, 5) is 11.9. The second-order valence-corrected chi connectivity index (χ2v) is 3.74. The fourth-order valence-electron chi connectivity index (χ4n) is 1.30. The summed E-state index contributed by atoms with van der Waals surface area (Å²) < 4.78 is 13.4. The first-order valence-electron chi connectivity index (χ1n) is 5.41. The van der Waals surface area contributed by atoms with Crippen LogP contribution in [-0.4, -0.2) is 36.5 Å². The fourth-order valence-corrected chi connectivity index (χ4v) is 1.30. The van der Waals surface area contributed by atoms with Crippen LogP contribution >= 0.6 is 0 Å². The molecular formula is C11H16FN3O2. The molecule has 5 nitrogen and oxygen atoms in total. The summed E-state index contributed by atoms with van der Waals surface area (Å²) in [5.74, 6) is -0.599. The van der Waals surface area contributed by atoms with Gasteiger partial charge in [-0.15, -0.1) is 0 Å². The van der Waals surface area contributed by atoms with Gasteiger partial charge < -0.3 is 10.2 Å². The minimum absolute atomic E-state index is 0.237. The van der Waals surface area contributed by atoms with Crippen LogP contribution in [0.5, 0.6) is 0 Å². The number of likely N-dealkylation sites (N-methyl/N-ethyl adjacent to an activating group) is 1.